The van der Waals surface area contributed by atoms with Crippen molar-refractivity contribution in [3.63, 3.8) is 0 Å². The molecule has 138 valence electrons. The molecule has 0 spiro atoms. The Morgan fingerprint density at radius 3 is 2.14 bits per heavy atom. The standard InChI is InChI=1S/C24H20N2O2/c1-18-23(17-25-26(18)21-10-6-3-7-11-21)24(27)28-22-14-12-20(13-15-22)16-19-8-4-2-5-9-19/h2-15,17H,16H2,1H3. The van der Waals surface area contributed by atoms with E-state index in [9.17, 15) is 4.79 Å². The fraction of sp³-hybridized carbons (Fsp3) is 0.0833. The summed E-state index contributed by atoms with van der Waals surface area (Å²) in [5.41, 5.74) is 4.52. The number of hydrogen-bond acceptors (Lipinski definition) is 3. The maximum Gasteiger partial charge on any atom is 0.347 e. The van der Waals surface area contributed by atoms with E-state index in [2.05, 4.69) is 17.2 Å². The number of aromatic nitrogens is 2. The molecule has 0 fully saturated rings. The second-order valence-electron chi connectivity index (χ2n) is 6.59. The largest absolute Gasteiger partial charge is 0.423 e. The lowest BCUT2D eigenvalue weighted by Crippen LogP contribution is -2.10. The summed E-state index contributed by atoms with van der Waals surface area (Å²) in [5, 5.41) is 4.33. The van der Waals surface area contributed by atoms with Gasteiger partial charge in [-0.1, -0.05) is 60.7 Å². The minimum absolute atomic E-state index is 0.407. The molecule has 0 saturated heterocycles. The fourth-order valence-electron chi connectivity index (χ4n) is 3.11. The second-order valence-corrected chi connectivity index (χ2v) is 6.59. The molecule has 0 radical (unpaired) electrons. The monoisotopic (exact) mass is 368 g/mol. The third-order valence-electron chi connectivity index (χ3n) is 4.62. The number of carbonyl (C=O) groups excluding carboxylic acids is 1. The van der Waals surface area contributed by atoms with Crippen LogP contribution in [0.1, 0.15) is 27.2 Å². The van der Waals surface area contributed by atoms with E-state index in [1.165, 1.54) is 11.1 Å². The number of rotatable bonds is 5. The van der Waals surface area contributed by atoms with Gasteiger partial charge in [0.2, 0.25) is 0 Å². The minimum Gasteiger partial charge on any atom is -0.423 e. The van der Waals surface area contributed by atoms with Crippen molar-refractivity contribution in [1.82, 2.24) is 9.78 Å². The number of ether oxygens (including phenoxy) is 1. The lowest BCUT2D eigenvalue weighted by atomic mass is 10.1. The van der Waals surface area contributed by atoms with E-state index in [0.29, 0.717) is 11.3 Å². The van der Waals surface area contributed by atoms with Crippen molar-refractivity contribution in [2.45, 2.75) is 13.3 Å². The molecule has 0 aliphatic heterocycles. The molecule has 0 aliphatic rings. The summed E-state index contributed by atoms with van der Waals surface area (Å²) in [4.78, 5) is 12.6. The summed E-state index contributed by atoms with van der Waals surface area (Å²) in [6.45, 7) is 1.86. The van der Waals surface area contributed by atoms with Gasteiger partial charge in [-0.05, 0) is 48.7 Å². The molecule has 4 nitrogen and oxygen atoms in total. The smallest absolute Gasteiger partial charge is 0.347 e. The van der Waals surface area contributed by atoms with Crippen LogP contribution in [-0.4, -0.2) is 15.7 Å². The summed E-state index contributed by atoms with van der Waals surface area (Å²) < 4.78 is 7.28. The summed E-state index contributed by atoms with van der Waals surface area (Å²) >= 11 is 0. The molecule has 0 amide bonds. The van der Waals surface area contributed by atoms with Gasteiger partial charge < -0.3 is 4.74 Å². The molecule has 4 rings (SSSR count). The lowest BCUT2D eigenvalue weighted by Gasteiger charge is -2.07. The molecular formula is C24H20N2O2. The summed E-state index contributed by atoms with van der Waals surface area (Å²) in [5.74, 6) is 0.115. The van der Waals surface area contributed by atoms with Crippen molar-refractivity contribution in [1.29, 1.82) is 0 Å². The molecule has 1 heterocycles. The Morgan fingerprint density at radius 2 is 1.46 bits per heavy atom. The highest BCUT2D eigenvalue weighted by Gasteiger charge is 2.17. The highest BCUT2D eigenvalue weighted by atomic mass is 16.5. The topological polar surface area (TPSA) is 44.1 Å². The van der Waals surface area contributed by atoms with Crippen LogP contribution >= 0.6 is 0 Å². The minimum atomic E-state index is -0.407. The number of para-hydroxylation sites is 1. The quantitative estimate of drug-likeness (QED) is 0.368. The van der Waals surface area contributed by atoms with Crippen LogP contribution in [0.3, 0.4) is 0 Å². The molecule has 4 heteroatoms. The first-order chi connectivity index (χ1) is 13.7. The van der Waals surface area contributed by atoms with Gasteiger partial charge in [0.05, 0.1) is 17.6 Å². The van der Waals surface area contributed by atoms with E-state index >= 15 is 0 Å². The second kappa shape index (κ2) is 7.92. The van der Waals surface area contributed by atoms with Crippen LogP contribution in [0.15, 0.2) is 91.1 Å². The van der Waals surface area contributed by atoms with Crippen molar-refractivity contribution < 1.29 is 9.53 Å². The van der Waals surface area contributed by atoms with Crippen molar-refractivity contribution in [2.24, 2.45) is 0 Å². The summed E-state index contributed by atoms with van der Waals surface area (Å²) in [7, 11) is 0. The first-order valence-electron chi connectivity index (χ1n) is 9.16. The molecule has 0 aliphatic carbocycles. The van der Waals surface area contributed by atoms with Gasteiger partial charge in [0.15, 0.2) is 0 Å². The van der Waals surface area contributed by atoms with Gasteiger partial charge in [-0.2, -0.15) is 5.10 Å². The number of hydrogen-bond donors (Lipinski definition) is 0. The lowest BCUT2D eigenvalue weighted by molar-refractivity contribution is 0.0734. The average Bonchev–Trinajstić information content (AvgIpc) is 3.12. The Hall–Kier alpha value is -3.66. The van der Waals surface area contributed by atoms with Crippen LogP contribution < -0.4 is 4.74 Å². The Bertz CT molecular complexity index is 1070. The molecule has 0 atom stereocenters. The SMILES string of the molecule is Cc1c(C(=O)Oc2ccc(Cc3ccccc3)cc2)cnn1-c1ccccc1. The third kappa shape index (κ3) is 3.86. The van der Waals surface area contributed by atoms with Crippen LogP contribution in [0.4, 0.5) is 0 Å². The fourth-order valence-corrected chi connectivity index (χ4v) is 3.11. The number of benzene rings is 3. The molecule has 0 saturated carbocycles. The van der Waals surface area contributed by atoms with Crippen molar-refractivity contribution in [3.8, 4) is 11.4 Å². The molecule has 28 heavy (non-hydrogen) atoms. The first kappa shape index (κ1) is 17.7. The van der Waals surface area contributed by atoms with Gasteiger partial charge in [-0.25, -0.2) is 9.48 Å². The first-order valence-corrected chi connectivity index (χ1v) is 9.16. The predicted octanol–water partition coefficient (Wildman–Crippen LogP) is 4.99. The van der Waals surface area contributed by atoms with Crippen LogP contribution in [-0.2, 0) is 6.42 Å². The molecule has 4 aromatic rings. The van der Waals surface area contributed by atoms with Crippen LogP contribution in [0.5, 0.6) is 5.75 Å². The Morgan fingerprint density at radius 1 is 0.857 bits per heavy atom. The van der Waals surface area contributed by atoms with Gasteiger partial charge >= 0.3 is 5.97 Å². The maximum absolute atomic E-state index is 12.6. The van der Waals surface area contributed by atoms with Gasteiger partial charge in [0.1, 0.15) is 11.3 Å². The van der Waals surface area contributed by atoms with Gasteiger partial charge in [-0.15, -0.1) is 0 Å². The maximum atomic E-state index is 12.6. The summed E-state index contributed by atoms with van der Waals surface area (Å²) in [6.07, 6.45) is 2.40. The van der Waals surface area contributed by atoms with Gasteiger partial charge in [-0.3, -0.25) is 0 Å². The normalized spacial score (nSPS) is 10.6. The predicted molar refractivity (Wildman–Crippen MR) is 109 cm³/mol. The zero-order valence-corrected chi connectivity index (χ0v) is 15.6. The molecular weight excluding hydrogens is 348 g/mol. The van der Waals surface area contributed by atoms with Gasteiger partial charge in [0.25, 0.3) is 0 Å². The van der Waals surface area contributed by atoms with E-state index in [4.69, 9.17) is 4.74 Å². The molecule has 0 bridgehead atoms. The molecule has 1 aromatic heterocycles. The highest BCUT2D eigenvalue weighted by Crippen LogP contribution is 2.19. The zero-order chi connectivity index (χ0) is 19.3. The van der Waals surface area contributed by atoms with E-state index in [1.807, 2.05) is 79.7 Å². The van der Waals surface area contributed by atoms with E-state index in [-0.39, 0.29) is 0 Å². The molecule has 0 N–H and O–H groups in total. The number of nitrogens with zero attached hydrogens (tertiary/aromatic N) is 2. The number of esters is 1. The third-order valence-corrected chi connectivity index (χ3v) is 4.62. The van der Waals surface area contributed by atoms with Crippen molar-refractivity contribution in [3.05, 3.63) is 114 Å². The van der Waals surface area contributed by atoms with Crippen LogP contribution in [0, 0.1) is 6.92 Å². The Kier molecular flexibility index (Phi) is 5.02. The summed E-state index contributed by atoms with van der Waals surface area (Å²) in [6, 6.07) is 27.6. The van der Waals surface area contributed by atoms with E-state index in [1.54, 1.807) is 10.9 Å². The molecule has 0 unspecified atom stereocenters. The van der Waals surface area contributed by atoms with Crippen molar-refractivity contribution >= 4 is 5.97 Å². The molecule has 3 aromatic carbocycles. The van der Waals surface area contributed by atoms with E-state index in [0.717, 1.165) is 17.8 Å². The van der Waals surface area contributed by atoms with Crippen LogP contribution in [0.2, 0.25) is 0 Å². The average molecular weight is 368 g/mol. The Balaban J connectivity index is 1.46. The zero-order valence-electron chi connectivity index (χ0n) is 15.6. The highest BCUT2D eigenvalue weighted by molar-refractivity contribution is 5.92. The number of carbonyl (C=O) groups is 1. The van der Waals surface area contributed by atoms with Crippen molar-refractivity contribution in [2.75, 3.05) is 0 Å². The van der Waals surface area contributed by atoms with Gasteiger partial charge in [0, 0.05) is 0 Å². The Labute approximate surface area is 164 Å². The van der Waals surface area contributed by atoms with E-state index < -0.39 is 5.97 Å². The van der Waals surface area contributed by atoms with Crippen LogP contribution in [0.25, 0.3) is 5.69 Å².